The summed E-state index contributed by atoms with van der Waals surface area (Å²) in [4.78, 5) is 14.1. The number of rotatable bonds is 5. The third-order valence-corrected chi connectivity index (χ3v) is 5.93. The van der Waals surface area contributed by atoms with E-state index in [1.54, 1.807) is 0 Å². The summed E-state index contributed by atoms with van der Waals surface area (Å²) in [6, 6.07) is 22.0. The van der Waals surface area contributed by atoms with Gasteiger partial charge in [-0.2, -0.15) is 0 Å². The van der Waals surface area contributed by atoms with Crippen molar-refractivity contribution in [2.24, 2.45) is 0 Å². The number of nitrogens with zero attached hydrogens (tertiary/aromatic N) is 3. The van der Waals surface area contributed by atoms with Crippen LogP contribution in [0.1, 0.15) is 36.4 Å². The quantitative estimate of drug-likeness (QED) is 0.761. The fourth-order valence-corrected chi connectivity index (χ4v) is 4.54. The Morgan fingerprint density at radius 3 is 1.93 bits per heavy atom. The van der Waals surface area contributed by atoms with Crippen molar-refractivity contribution in [3.05, 3.63) is 71.8 Å². The molecule has 2 aromatic carbocycles. The van der Waals surface area contributed by atoms with Crippen LogP contribution in [0, 0.1) is 0 Å². The first-order chi connectivity index (χ1) is 13.4. The highest BCUT2D eigenvalue weighted by Gasteiger charge is 2.32. The smallest absolute Gasteiger partial charge is 0.138 e. The van der Waals surface area contributed by atoms with E-state index in [0.29, 0.717) is 0 Å². The van der Waals surface area contributed by atoms with Crippen molar-refractivity contribution in [2.75, 3.05) is 32.7 Å². The molecule has 0 radical (unpaired) electrons. The highest BCUT2D eigenvalue weighted by Crippen LogP contribution is 2.30. The third-order valence-electron chi connectivity index (χ3n) is 5.93. The number of piperidine rings is 1. The van der Waals surface area contributed by atoms with Gasteiger partial charge in [0.05, 0.1) is 12.1 Å². The molecule has 4 heteroatoms. The van der Waals surface area contributed by atoms with Gasteiger partial charge in [0.1, 0.15) is 6.29 Å². The van der Waals surface area contributed by atoms with E-state index in [-0.39, 0.29) is 12.1 Å². The fourth-order valence-electron chi connectivity index (χ4n) is 4.54. The molecule has 0 saturated carbocycles. The Kier molecular flexibility index (Phi) is 5.97. The molecule has 2 aromatic rings. The topological polar surface area (TPSA) is 26.8 Å². The van der Waals surface area contributed by atoms with E-state index < -0.39 is 0 Å². The Hall–Kier alpha value is -2.01. The number of hydrazine groups is 1. The minimum Gasteiger partial charge on any atom is -0.302 e. The van der Waals surface area contributed by atoms with Crippen molar-refractivity contribution < 1.29 is 4.79 Å². The molecule has 0 aromatic heterocycles. The molecule has 142 valence electrons. The zero-order chi connectivity index (χ0) is 18.5. The summed E-state index contributed by atoms with van der Waals surface area (Å²) in [5.41, 5.74) is 2.70. The molecule has 0 spiro atoms. The Balaban J connectivity index is 1.50. The first-order valence-electron chi connectivity index (χ1n) is 10.2. The van der Waals surface area contributed by atoms with Gasteiger partial charge in [0, 0.05) is 32.7 Å². The molecule has 1 unspecified atom stereocenters. The number of hydrogen-bond donors (Lipinski definition) is 0. The van der Waals surface area contributed by atoms with Crippen molar-refractivity contribution in [1.29, 1.82) is 0 Å². The van der Waals surface area contributed by atoms with Gasteiger partial charge in [0.2, 0.25) is 0 Å². The van der Waals surface area contributed by atoms with Crippen LogP contribution in [-0.4, -0.2) is 60.0 Å². The number of hydrogen-bond acceptors (Lipinski definition) is 4. The highest BCUT2D eigenvalue weighted by atomic mass is 16.1. The molecule has 2 fully saturated rings. The van der Waals surface area contributed by atoms with Crippen LogP contribution in [0.25, 0.3) is 0 Å². The van der Waals surface area contributed by atoms with Gasteiger partial charge in [-0.1, -0.05) is 67.1 Å². The molecular weight excluding hydrogens is 334 g/mol. The van der Waals surface area contributed by atoms with Crippen LogP contribution in [0.2, 0.25) is 0 Å². The molecule has 1 atom stereocenters. The van der Waals surface area contributed by atoms with E-state index in [2.05, 4.69) is 75.6 Å². The van der Waals surface area contributed by atoms with Crippen molar-refractivity contribution in [3.8, 4) is 0 Å². The molecule has 2 heterocycles. The second-order valence-electron chi connectivity index (χ2n) is 7.58. The Bertz CT molecular complexity index is 673. The maximum Gasteiger partial charge on any atom is 0.138 e. The maximum atomic E-state index is 11.5. The van der Waals surface area contributed by atoms with E-state index in [1.807, 2.05) is 0 Å². The molecule has 0 bridgehead atoms. The van der Waals surface area contributed by atoms with Gasteiger partial charge in [0.25, 0.3) is 0 Å². The van der Waals surface area contributed by atoms with E-state index in [0.717, 1.165) is 45.4 Å². The molecule has 2 saturated heterocycles. The van der Waals surface area contributed by atoms with Gasteiger partial charge >= 0.3 is 0 Å². The van der Waals surface area contributed by atoms with Crippen LogP contribution >= 0.6 is 0 Å². The SMILES string of the molecule is O=CC1CCCCN1N1CCN(C(c2ccccc2)c2ccccc2)CC1. The van der Waals surface area contributed by atoms with Gasteiger partial charge in [-0.3, -0.25) is 4.90 Å². The minimum absolute atomic E-state index is 0.0735. The number of carbonyl (C=O) groups is 1. The third kappa shape index (κ3) is 4.13. The monoisotopic (exact) mass is 363 g/mol. The summed E-state index contributed by atoms with van der Waals surface area (Å²) >= 11 is 0. The van der Waals surface area contributed by atoms with Crippen LogP contribution in [-0.2, 0) is 4.79 Å². The van der Waals surface area contributed by atoms with E-state index in [1.165, 1.54) is 24.0 Å². The van der Waals surface area contributed by atoms with Crippen LogP contribution < -0.4 is 0 Å². The van der Waals surface area contributed by atoms with Crippen LogP contribution in [0.4, 0.5) is 0 Å². The van der Waals surface area contributed by atoms with Gasteiger partial charge < -0.3 is 4.79 Å². The average Bonchev–Trinajstić information content (AvgIpc) is 2.76. The summed E-state index contributed by atoms with van der Waals surface area (Å²) in [5.74, 6) is 0. The first kappa shape index (κ1) is 18.4. The van der Waals surface area contributed by atoms with Crippen molar-refractivity contribution in [2.45, 2.75) is 31.3 Å². The number of aldehydes is 1. The average molecular weight is 364 g/mol. The summed E-state index contributed by atoms with van der Waals surface area (Å²) < 4.78 is 0. The van der Waals surface area contributed by atoms with Crippen molar-refractivity contribution in [3.63, 3.8) is 0 Å². The lowest BCUT2D eigenvalue weighted by Crippen LogP contribution is -2.58. The fraction of sp³-hybridized carbons (Fsp3) is 0.435. The molecular formula is C23H29N3O. The van der Waals surface area contributed by atoms with E-state index >= 15 is 0 Å². The second kappa shape index (κ2) is 8.79. The summed E-state index contributed by atoms with van der Waals surface area (Å²) in [7, 11) is 0. The van der Waals surface area contributed by atoms with Crippen LogP contribution in [0.15, 0.2) is 60.7 Å². The normalized spacial score (nSPS) is 22.8. The predicted octanol–water partition coefficient (Wildman–Crippen LogP) is 3.36. The highest BCUT2D eigenvalue weighted by molar-refractivity contribution is 5.57. The molecule has 2 aliphatic heterocycles. The zero-order valence-electron chi connectivity index (χ0n) is 15.9. The maximum absolute atomic E-state index is 11.5. The second-order valence-corrected chi connectivity index (χ2v) is 7.58. The zero-order valence-corrected chi connectivity index (χ0v) is 15.9. The lowest BCUT2D eigenvalue weighted by Gasteiger charge is -2.46. The van der Waals surface area contributed by atoms with Crippen LogP contribution in [0.3, 0.4) is 0 Å². The van der Waals surface area contributed by atoms with Crippen LogP contribution in [0.5, 0.6) is 0 Å². The lowest BCUT2D eigenvalue weighted by atomic mass is 9.96. The number of carbonyl (C=O) groups excluding carboxylic acids is 1. The Morgan fingerprint density at radius 2 is 1.37 bits per heavy atom. The predicted molar refractivity (Wildman–Crippen MR) is 108 cm³/mol. The standard InChI is InChI=1S/C23H29N3O/c27-19-22-13-7-8-14-26(22)25-17-15-24(16-18-25)23(20-9-3-1-4-10-20)21-11-5-2-6-12-21/h1-6,9-12,19,22-23H,7-8,13-18H2. The first-order valence-corrected chi connectivity index (χ1v) is 10.2. The summed E-state index contributed by atoms with van der Waals surface area (Å²) in [5, 5.41) is 4.75. The van der Waals surface area contributed by atoms with Gasteiger partial charge in [-0.05, 0) is 24.0 Å². The molecule has 4 nitrogen and oxygen atoms in total. The largest absolute Gasteiger partial charge is 0.302 e. The Labute approximate surface area is 162 Å². The number of benzene rings is 2. The van der Waals surface area contributed by atoms with Crippen molar-refractivity contribution >= 4 is 6.29 Å². The van der Waals surface area contributed by atoms with E-state index in [9.17, 15) is 4.79 Å². The molecule has 2 aliphatic rings. The summed E-state index contributed by atoms with van der Waals surface area (Å²) in [6.07, 6.45) is 4.51. The van der Waals surface area contributed by atoms with E-state index in [4.69, 9.17) is 0 Å². The molecule has 0 amide bonds. The van der Waals surface area contributed by atoms with Gasteiger partial charge in [-0.25, -0.2) is 10.0 Å². The minimum atomic E-state index is 0.0735. The number of piperazine rings is 1. The van der Waals surface area contributed by atoms with Gasteiger partial charge in [0.15, 0.2) is 0 Å². The molecule has 27 heavy (non-hydrogen) atoms. The summed E-state index contributed by atoms with van der Waals surface area (Å²) in [6.45, 7) is 5.01. The Morgan fingerprint density at radius 1 is 0.778 bits per heavy atom. The van der Waals surface area contributed by atoms with Crippen molar-refractivity contribution in [1.82, 2.24) is 14.9 Å². The lowest BCUT2D eigenvalue weighted by molar-refractivity contribution is -0.132. The van der Waals surface area contributed by atoms with Gasteiger partial charge in [-0.15, -0.1) is 0 Å². The molecule has 4 rings (SSSR count). The molecule has 0 N–H and O–H groups in total. The molecule has 0 aliphatic carbocycles.